The van der Waals surface area contributed by atoms with E-state index >= 15 is 0 Å². The van der Waals surface area contributed by atoms with Crippen LogP contribution in [0.3, 0.4) is 0 Å². The van der Waals surface area contributed by atoms with E-state index in [1.54, 1.807) is 7.05 Å². The molecule has 1 aromatic heterocycles. The lowest BCUT2D eigenvalue weighted by Crippen LogP contribution is -2.40. The summed E-state index contributed by atoms with van der Waals surface area (Å²) in [5.41, 5.74) is 6.34. The van der Waals surface area contributed by atoms with Crippen molar-refractivity contribution in [3.8, 4) is 0 Å². The van der Waals surface area contributed by atoms with Crippen molar-refractivity contribution in [2.24, 2.45) is 11.7 Å². The Morgan fingerprint density at radius 3 is 2.44 bits per heavy atom. The first-order valence-corrected chi connectivity index (χ1v) is 6.08. The number of nitrogens with two attached hydrogens (primary N) is 1. The smallest absolute Gasteiger partial charge is 0.240 e. The van der Waals surface area contributed by atoms with Gasteiger partial charge in [0.25, 0.3) is 0 Å². The Labute approximate surface area is 107 Å². The molecule has 18 heavy (non-hydrogen) atoms. The van der Waals surface area contributed by atoms with E-state index in [0.717, 1.165) is 17.8 Å². The molecule has 1 aromatic rings. The Bertz CT molecular complexity index is 419. The molecule has 1 atom stereocenters. The predicted octanol–water partition coefficient (Wildman–Crippen LogP) is 1.00. The summed E-state index contributed by atoms with van der Waals surface area (Å²) < 4.78 is 0. The van der Waals surface area contributed by atoms with Gasteiger partial charge >= 0.3 is 0 Å². The number of amides is 1. The molecule has 0 aliphatic rings. The van der Waals surface area contributed by atoms with Crippen molar-refractivity contribution in [2.75, 3.05) is 17.7 Å². The third kappa shape index (κ3) is 3.09. The van der Waals surface area contributed by atoms with E-state index in [2.05, 4.69) is 20.6 Å². The van der Waals surface area contributed by atoms with Crippen molar-refractivity contribution >= 4 is 17.5 Å². The normalized spacial score (nSPS) is 12.3. The lowest BCUT2D eigenvalue weighted by Gasteiger charge is -2.21. The molecule has 0 aliphatic carbocycles. The van der Waals surface area contributed by atoms with Gasteiger partial charge in [0.2, 0.25) is 5.91 Å². The molecule has 0 radical (unpaired) electrons. The Morgan fingerprint density at radius 2 is 2.00 bits per heavy atom. The average molecular weight is 251 g/mol. The number of rotatable bonds is 6. The molecule has 100 valence electrons. The fraction of sp³-hybridized carbons (Fsp3) is 0.583. The van der Waals surface area contributed by atoms with E-state index in [4.69, 9.17) is 5.73 Å². The van der Waals surface area contributed by atoms with Crippen LogP contribution < -0.4 is 16.4 Å². The van der Waals surface area contributed by atoms with Crippen molar-refractivity contribution < 1.29 is 4.79 Å². The predicted molar refractivity (Wildman–Crippen MR) is 72.4 cm³/mol. The van der Waals surface area contributed by atoms with Gasteiger partial charge in [-0.1, -0.05) is 20.8 Å². The second-order valence-electron chi connectivity index (χ2n) is 4.42. The van der Waals surface area contributed by atoms with Crippen LogP contribution in [0.5, 0.6) is 0 Å². The molecule has 6 heteroatoms. The van der Waals surface area contributed by atoms with Crippen molar-refractivity contribution in [3.63, 3.8) is 0 Å². The lowest BCUT2D eigenvalue weighted by molar-refractivity contribution is -0.119. The fourth-order valence-electron chi connectivity index (χ4n) is 1.80. The summed E-state index contributed by atoms with van der Waals surface area (Å²) in [6.45, 7) is 5.89. The molecule has 1 unspecified atom stereocenters. The third-order valence-corrected chi connectivity index (χ3v) is 2.80. The van der Waals surface area contributed by atoms with Crippen LogP contribution in [0.2, 0.25) is 0 Å². The van der Waals surface area contributed by atoms with Crippen LogP contribution in [-0.2, 0) is 11.2 Å². The molecule has 1 amide bonds. The number of nitrogens with zero attached hydrogens (tertiary/aromatic N) is 2. The van der Waals surface area contributed by atoms with Crippen molar-refractivity contribution in [1.82, 2.24) is 9.97 Å². The summed E-state index contributed by atoms with van der Waals surface area (Å²) in [5.74, 6) is 1.15. The molecule has 0 fully saturated rings. The van der Waals surface area contributed by atoms with Crippen LogP contribution in [0, 0.1) is 5.92 Å². The number of hydrogen-bond acceptors (Lipinski definition) is 5. The summed E-state index contributed by atoms with van der Waals surface area (Å²) in [7, 11) is 1.80. The van der Waals surface area contributed by atoms with Crippen LogP contribution in [0.1, 0.15) is 26.3 Å². The molecule has 0 saturated carbocycles. The molecule has 0 aromatic carbocycles. The van der Waals surface area contributed by atoms with Crippen LogP contribution in [-0.4, -0.2) is 29.0 Å². The van der Waals surface area contributed by atoms with Gasteiger partial charge in [-0.15, -0.1) is 0 Å². The zero-order valence-electron chi connectivity index (χ0n) is 11.3. The first-order valence-electron chi connectivity index (χ1n) is 6.08. The standard InChI is InChI=1S/C12H21N5O/c1-5-8-11(14-4)15-6-16-12(8)17-9(7(2)3)10(13)18/h6-7,9H,5H2,1-4H3,(H2,13,18)(H2,14,15,16,17). The first-order chi connectivity index (χ1) is 8.51. The van der Waals surface area contributed by atoms with E-state index in [9.17, 15) is 4.79 Å². The molecule has 1 rings (SSSR count). The Kier molecular flexibility index (Phi) is 4.88. The van der Waals surface area contributed by atoms with Gasteiger partial charge in [0.05, 0.1) is 0 Å². The first kappa shape index (κ1) is 14.2. The number of anilines is 2. The van der Waals surface area contributed by atoms with Crippen LogP contribution in [0.4, 0.5) is 11.6 Å². The topological polar surface area (TPSA) is 92.9 Å². The molecule has 1 heterocycles. The van der Waals surface area contributed by atoms with E-state index in [1.807, 2.05) is 20.8 Å². The maximum Gasteiger partial charge on any atom is 0.240 e. The van der Waals surface area contributed by atoms with E-state index in [1.165, 1.54) is 6.33 Å². The summed E-state index contributed by atoms with van der Waals surface area (Å²) >= 11 is 0. The maximum absolute atomic E-state index is 11.4. The number of carbonyl (C=O) groups is 1. The van der Waals surface area contributed by atoms with Gasteiger partial charge in [0.15, 0.2) is 0 Å². The minimum Gasteiger partial charge on any atom is -0.373 e. The van der Waals surface area contributed by atoms with E-state index < -0.39 is 6.04 Å². The second-order valence-corrected chi connectivity index (χ2v) is 4.42. The molecule has 4 N–H and O–H groups in total. The number of hydrogen-bond donors (Lipinski definition) is 3. The van der Waals surface area contributed by atoms with Crippen molar-refractivity contribution in [3.05, 3.63) is 11.9 Å². The molecule has 0 aliphatic heterocycles. The molecular formula is C12H21N5O. The molecular weight excluding hydrogens is 230 g/mol. The molecule has 6 nitrogen and oxygen atoms in total. The van der Waals surface area contributed by atoms with Gasteiger partial charge in [-0.25, -0.2) is 9.97 Å². The average Bonchev–Trinajstić information content (AvgIpc) is 2.34. The quantitative estimate of drug-likeness (QED) is 0.701. The zero-order valence-corrected chi connectivity index (χ0v) is 11.3. The SMILES string of the molecule is CCc1c(NC)ncnc1NC(C(N)=O)C(C)C. The Balaban J connectivity index is 3.06. The summed E-state index contributed by atoms with van der Waals surface area (Å²) in [6, 6.07) is -0.435. The molecule has 0 spiro atoms. The summed E-state index contributed by atoms with van der Waals surface area (Å²) in [4.78, 5) is 19.7. The van der Waals surface area contributed by atoms with E-state index in [0.29, 0.717) is 5.82 Å². The van der Waals surface area contributed by atoms with E-state index in [-0.39, 0.29) is 11.8 Å². The van der Waals surface area contributed by atoms with Crippen molar-refractivity contribution in [2.45, 2.75) is 33.2 Å². The van der Waals surface area contributed by atoms with Gasteiger partial charge in [-0.3, -0.25) is 4.79 Å². The minimum atomic E-state index is -0.435. The highest BCUT2D eigenvalue weighted by molar-refractivity contribution is 5.83. The summed E-state index contributed by atoms with van der Waals surface area (Å²) in [6.07, 6.45) is 2.23. The van der Waals surface area contributed by atoms with Crippen LogP contribution in [0.15, 0.2) is 6.33 Å². The number of aromatic nitrogens is 2. The number of nitrogens with one attached hydrogen (secondary N) is 2. The third-order valence-electron chi connectivity index (χ3n) is 2.80. The highest BCUT2D eigenvalue weighted by atomic mass is 16.1. The van der Waals surface area contributed by atoms with Crippen molar-refractivity contribution in [1.29, 1.82) is 0 Å². The van der Waals surface area contributed by atoms with Gasteiger partial charge < -0.3 is 16.4 Å². The highest BCUT2D eigenvalue weighted by Gasteiger charge is 2.21. The van der Waals surface area contributed by atoms with Crippen LogP contribution in [0.25, 0.3) is 0 Å². The number of carbonyl (C=O) groups excluding carboxylic acids is 1. The maximum atomic E-state index is 11.4. The lowest BCUT2D eigenvalue weighted by atomic mass is 10.0. The molecule has 0 saturated heterocycles. The Hall–Kier alpha value is -1.85. The van der Waals surface area contributed by atoms with Gasteiger partial charge in [-0.2, -0.15) is 0 Å². The van der Waals surface area contributed by atoms with Gasteiger partial charge in [-0.05, 0) is 12.3 Å². The van der Waals surface area contributed by atoms with Gasteiger partial charge in [0.1, 0.15) is 24.0 Å². The zero-order chi connectivity index (χ0) is 13.7. The minimum absolute atomic E-state index is 0.0974. The molecule has 0 bridgehead atoms. The van der Waals surface area contributed by atoms with Gasteiger partial charge in [0, 0.05) is 12.6 Å². The monoisotopic (exact) mass is 251 g/mol. The largest absolute Gasteiger partial charge is 0.373 e. The number of primary amides is 1. The second kappa shape index (κ2) is 6.18. The van der Waals surface area contributed by atoms with Crippen LogP contribution >= 0.6 is 0 Å². The fourth-order valence-corrected chi connectivity index (χ4v) is 1.80. The highest BCUT2D eigenvalue weighted by Crippen LogP contribution is 2.21. The Morgan fingerprint density at radius 1 is 1.39 bits per heavy atom. The summed E-state index contributed by atoms with van der Waals surface area (Å²) in [5, 5.41) is 6.12.